The van der Waals surface area contributed by atoms with E-state index < -0.39 is 11.5 Å². The lowest BCUT2D eigenvalue weighted by atomic mass is 9.93. The van der Waals surface area contributed by atoms with Crippen molar-refractivity contribution < 1.29 is 18.7 Å². The van der Waals surface area contributed by atoms with Crippen LogP contribution in [0.1, 0.15) is 30.1 Å². The first-order valence-corrected chi connectivity index (χ1v) is 8.31. The highest BCUT2D eigenvalue weighted by Gasteiger charge is 2.52. The summed E-state index contributed by atoms with van der Waals surface area (Å²) >= 11 is 0. The van der Waals surface area contributed by atoms with Gasteiger partial charge in [0.05, 0.1) is 18.6 Å². The van der Waals surface area contributed by atoms with Crippen LogP contribution >= 0.6 is 0 Å². The van der Waals surface area contributed by atoms with Crippen LogP contribution in [0.2, 0.25) is 0 Å². The molecule has 4 nitrogen and oxygen atoms in total. The third-order valence-electron chi connectivity index (χ3n) is 4.76. The van der Waals surface area contributed by atoms with E-state index in [2.05, 4.69) is 5.32 Å². The molecule has 132 valence electrons. The van der Waals surface area contributed by atoms with E-state index in [0.717, 1.165) is 24.2 Å². The number of carbonyl (C=O) groups is 1. The van der Waals surface area contributed by atoms with Gasteiger partial charge in [0.15, 0.2) is 0 Å². The molecule has 1 aliphatic rings. The molecule has 0 aromatic heterocycles. The van der Waals surface area contributed by atoms with Crippen LogP contribution in [-0.4, -0.2) is 26.7 Å². The number of hydrogen-bond donors (Lipinski definition) is 1. The second-order valence-electron chi connectivity index (χ2n) is 6.27. The highest BCUT2D eigenvalue weighted by molar-refractivity contribution is 5.92. The number of carbonyl (C=O) groups excluding carboxylic acids is 1. The molecule has 3 rings (SSSR count). The number of rotatable bonds is 7. The number of nitrogens with one attached hydrogen (secondary N) is 1. The lowest BCUT2D eigenvalue weighted by Gasteiger charge is -2.21. The molecule has 1 amide bonds. The molecule has 2 aromatic carbocycles. The van der Waals surface area contributed by atoms with Crippen molar-refractivity contribution in [1.82, 2.24) is 5.32 Å². The maximum Gasteiger partial charge on any atom is 0.230 e. The Kier molecular flexibility index (Phi) is 5.04. The fourth-order valence-electron chi connectivity index (χ4n) is 3.18. The number of ether oxygens (including phenoxy) is 2. The van der Waals surface area contributed by atoms with Crippen molar-refractivity contribution >= 4 is 5.91 Å². The first-order valence-electron chi connectivity index (χ1n) is 8.31. The number of halogens is 1. The number of methoxy groups -OCH3 is 2. The van der Waals surface area contributed by atoms with E-state index in [1.807, 2.05) is 24.3 Å². The molecule has 1 atom stereocenters. The van der Waals surface area contributed by atoms with E-state index in [9.17, 15) is 9.18 Å². The highest BCUT2D eigenvalue weighted by Crippen LogP contribution is 2.51. The Morgan fingerprint density at radius 3 is 2.60 bits per heavy atom. The van der Waals surface area contributed by atoms with Crippen molar-refractivity contribution in [1.29, 1.82) is 0 Å². The van der Waals surface area contributed by atoms with E-state index in [4.69, 9.17) is 9.47 Å². The van der Waals surface area contributed by atoms with Gasteiger partial charge in [0, 0.05) is 19.2 Å². The molecule has 25 heavy (non-hydrogen) atoms. The van der Waals surface area contributed by atoms with Crippen LogP contribution in [0.25, 0.3) is 0 Å². The fourth-order valence-corrected chi connectivity index (χ4v) is 3.18. The zero-order valence-corrected chi connectivity index (χ0v) is 14.4. The first kappa shape index (κ1) is 17.4. The van der Waals surface area contributed by atoms with Gasteiger partial charge in [-0.3, -0.25) is 4.79 Å². The third kappa shape index (κ3) is 3.51. The number of amides is 1. The minimum absolute atomic E-state index is 0.0459. The molecule has 0 bridgehead atoms. The zero-order valence-electron chi connectivity index (χ0n) is 14.4. The monoisotopic (exact) mass is 343 g/mol. The van der Waals surface area contributed by atoms with Gasteiger partial charge >= 0.3 is 0 Å². The van der Waals surface area contributed by atoms with Crippen LogP contribution in [0.3, 0.4) is 0 Å². The summed E-state index contributed by atoms with van der Waals surface area (Å²) < 4.78 is 24.2. The fraction of sp³-hybridized carbons (Fsp3) is 0.350. The van der Waals surface area contributed by atoms with Crippen molar-refractivity contribution in [2.75, 3.05) is 20.8 Å². The molecule has 0 unspecified atom stereocenters. The quantitative estimate of drug-likeness (QED) is 0.838. The smallest absolute Gasteiger partial charge is 0.230 e. The van der Waals surface area contributed by atoms with Gasteiger partial charge < -0.3 is 14.8 Å². The van der Waals surface area contributed by atoms with Crippen molar-refractivity contribution in [3.05, 3.63) is 65.5 Å². The summed E-state index contributed by atoms with van der Waals surface area (Å²) in [4.78, 5) is 12.8. The van der Waals surface area contributed by atoms with Crippen LogP contribution in [0.5, 0.6) is 5.75 Å². The molecule has 0 radical (unpaired) electrons. The van der Waals surface area contributed by atoms with Crippen LogP contribution < -0.4 is 10.1 Å². The van der Waals surface area contributed by atoms with Crippen molar-refractivity contribution in [3.8, 4) is 5.75 Å². The van der Waals surface area contributed by atoms with Gasteiger partial charge in [-0.25, -0.2) is 4.39 Å². The molecule has 1 saturated carbocycles. The summed E-state index contributed by atoms with van der Waals surface area (Å²) in [6.45, 7) is 0.287. The van der Waals surface area contributed by atoms with Crippen LogP contribution in [0.15, 0.2) is 48.5 Å². The van der Waals surface area contributed by atoms with E-state index in [-0.39, 0.29) is 18.3 Å². The van der Waals surface area contributed by atoms with Gasteiger partial charge in [-0.2, -0.15) is 0 Å². The Bertz CT molecular complexity index is 758. The standard InChI is InChI=1S/C20H22FNO3/c1-24-17-9-4-3-8-16(17)20(10-11-20)19(23)22-13-18(25-2)14-6-5-7-15(21)12-14/h3-9,12,18H,10-11,13H2,1-2H3,(H,22,23)/t18-/m1/s1. The SMILES string of the molecule is COc1ccccc1C1(C(=O)NC[C@@H](OC)c2cccc(F)c2)CC1. The van der Waals surface area contributed by atoms with Crippen LogP contribution in [-0.2, 0) is 14.9 Å². The van der Waals surface area contributed by atoms with Gasteiger partial charge in [0.2, 0.25) is 5.91 Å². The molecule has 2 aromatic rings. The molecular formula is C20H22FNO3. The van der Waals surface area contributed by atoms with Gasteiger partial charge in [0.1, 0.15) is 11.6 Å². The molecule has 1 N–H and O–H groups in total. The highest BCUT2D eigenvalue weighted by atomic mass is 19.1. The van der Waals surface area contributed by atoms with Crippen LogP contribution in [0.4, 0.5) is 4.39 Å². The summed E-state index contributed by atoms with van der Waals surface area (Å²) in [6.07, 6.45) is 1.18. The van der Waals surface area contributed by atoms with E-state index >= 15 is 0 Å². The maximum absolute atomic E-state index is 13.4. The summed E-state index contributed by atoms with van der Waals surface area (Å²) in [5, 5.41) is 2.96. The predicted molar refractivity (Wildman–Crippen MR) is 93.1 cm³/mol. The Morgan fingerprint density at radius 2 is 1.96 bits per heavy atom. The third-order valence-corrected chi connectivity index (χ3v) is 4.76. The van der Waals surface area contributed by atoms with Gasteiger partial charge in [-0.1, -0.05) is 30.3 Å². The molecule has 0 heterocycles. The minimum atomic E-state index is -0.535. The summed E-state index contributed by atoms with van der Waals surface area (Å²) in [5.41, 5.74) is 1.08. The second-order valence-corrected chi connectivity index (χ2v) is 6.27. The van der Waals surface area contributed by atoms with E-state index in [1.54, 1.807) is 26.4 Å². The summed E-state index contributed by atoms with van der Waals surface area (Å²) in [5.74, 6) is 0.359. The number of para-hydroxylation sites is 1. The molecule has 1 aliphatic carbocycles. The minimum Gasteiger partial charge on any atom is -0.496 e. The van der Waals surface area contributed by atoms with Gasteiger partial charge in [-0.05, 0) is 36.6 Å². The molecule has 0 aliphatic heterocycles. The summed E-state index contributed by atoms with van der Waals surface area (Å²) in [6, 6.07) is 13.8. The van der Waals surface area contributed by atoms with Crippen LogP contribution in [0, 0.1) is 5.82 Å². The Morgan fingerprint density at radius 1 is 1.20 bits per heavy atom. The Balaban J connectivity index is 1.71. The normalized spacial score (nSPS) is 16.1. The molecule has 1 fully saturated rings. The van der Waals surface area contributed by atoms with Crippen molar-refractivity contribution in [2.24, 2.45) is 0 Å². The number of hydrogen-bond acceptors (Lipinski definition) is 3. The summed E-state index contributed by atoms with van der Waals surface area (Å²) in [7, 11) is 3.16. The zero-order chi connectivity index (χ0) is 17.9. The second kappa shape index (κ2) is 7.23. The average molecular weight is 343 g/mol. The maximum atomic E-state index is 13.4. The largest absolute Gasteiger partial charge is 0.496 e. The predicted octanol–water partition coefficient (Wildman–Crippen LogP) is 3.37. The molecule has 0 spiro atoms. The lowest BCUT2D eigenvalue weighted by molar-refractivity contribution is -0.124. The van der Waals surface area contributed by atoms with E-state index in [1.165, 1.54) is 12.1 Å². The van der Waals surface area contributed by atoms with E-state index in [0.29, 0.717) is 5.56 Å². The topological polar surface area (TPSA) is 47.6 Å². The lowest BCUT2D eigenvalue weighted by Crippen LogP contribution is -2.37. The Labute approximate surface area is 147 Å². The van der Waals surface area contributed by atoms with Gasteiger partial charge in [-0.15, -0.1) is 0 Å². The molecular weight excluding hydrogens is 321 g/mol. The van der Waals surface area contributed by atoms with Crippen molar-refractivity contribution in [3.63, 3.8) is 0 Å². The average Bonchev–Trinajstić information content (AvgIpc) is 3.44. The van der Waals surface area contributed by atoms with Crippen molar-refractivity contribution in [2.45, 2.75) is 24.4 Å². The Hall–Kier alpha value is -2.40. The molecule has 0 saturated heterocycles. The van der Waals surface area contributed by atoms with Gasteiger partial charge in [0.25, 0.3) is 0 Å². The number of benzene rings is 2. The first-order chi connectivity index (χ1) is 12.1. The molecule has 5 heteroatoms.